The Kier molecular flexibility index (Phi) is 9.75. The van der Waals surface area contributed by atoms with Crippen LogP contribution in [-0.2, 0) is 26.2 Å². The summed E-state index contributed by atoms with van der Waals surface area (Å²) in [7, 11) is -1.92. The van der Waals surface area contributed by atoms with E-state index < -0.39 is 16.1 Å². The molecule has 0 radical (unpaired) electrons. The number of benzene rings is 2. The molecule has 1 fully saturated rings. The van der Waals surface area contributed by atoms with Crippen LogP contribution in [-0.4, -0.2) is 57.1 Å². The van der Waals surface area contributed by atoms with Crippen molar-refractivity contribution in [2.45, 2.75) is 64.1 Å². The summed E-state index contributed by atoms with van der Waals surface area (Å²) in [5.41, 5.74) is 1.41. The van der Waals surface area contributed by atoms with Gasteiger partial charge in [0.05, 0.1) is 19.1 Å². The van der Waals surface area contributed by atoms with Crippen molar-refractivity contribution >= 4 is 27.5 Å². The maximum absolute atomic E-state index is 13.4. The van der Waals surface area contributed by atoms with Crippen LogP contribution in [0.4, 0.5) is 5.69 Å². The number of carbonyl (C=O) groups is 2. The molecule has 0 aliphatic heterocycles. The highest BCUT2D eigenvalue weighted by Crippen LogP contribution is 2.21. The third kappa shape index (κ3) is 7.71. The Bertz CT molecular complexity index is 1120. The van der Waals surface area contributed by atoms with E-state index in [0.29, 0.717) is 17.9 Å². The summed E-state index contributed by atoms with van der Waals surface area (Å²) >= 11 is 0. The molecule has 0 aromatic heterocycles. The van der Waals surface area contributed by atoms with Gasteiger partial charge in [0.15, 0.2) is 0 Å². The number of rotatable bonds is 12. The van der Waals surface area contributed by atoms with Crippen LogP contribution in [0.25, 0.3) is 0 Å². The molecule has 1 aliphatic rings. The van der Waals surface area contributed by atoms with E-state index in [0.717, 1.165) is 37.5 Å². The number of nitrogens with zero attached hydrogens (tertiary/aromatic N) is 2. The van der Waals surface area contributed by atoms with Crippen LogP contribution in [0.15, 0.2) is 54.6 Å². The predicted octanol–water partition coefficient (Wildman–Crippen LogP) is 3.72. The predicted molar refractivity (Wildman–Crippen MR) is 141 cm³/mol. The fourth-order valence-electron chi connectivity index (χ4n) is 4.54. The number of anilines is 1. The fraction of sp³-hybridized carbons (Fsp3) is 0.481. The van der Waals surface area contributed by atoms with Crippen molar-refractivity contribution in [3.8, 4) is 5.75 Å². The van der Waals surface area contributed by atoms with E-state index in [-0.39, 0.29) is 37.4 Å². The van der Waals surface area contributed by atoms with Crippen molar-refractivity contribution in [3.05, 3.63) is 60.2 Å². The Morgan fingerprint density at radius 2 is 1.78 bits per heavy atom. The number of sulfonamides is 1. The van der Waals surface area contributed by atoms with E-state index in [4.69, 9.17) is 4.74 Å². The number of hydrogen-bond donors (Lipinski definition) is 1. The Balaban J connectivity index is 1.72. The zero-order valence-electron chi connectivity index (χ0n) is 21.4. The van der Waals surface area contributed by atoms with Crippen LogP contribution in [0.3, 0.4) is 0 Å². The molecule has 1 aliphatic carbocycles. The third-order valence-corrected chi connectivity index (χ3v) is 7.75. The number of ether oxygens (including phenoxy) is 1. The molecular formula is C27H37N3O5S. The van der Waals surface area contributed by atoms with Gasteiger partial charge in [-0.1, -0.05) is 43.2 Å². The molecule has 1 unspecified atom stereocenters. The number of para-hydroxylation sites is 1. The minimum absolute atomic E-state index is 0.115. The molecule has 0 bridgehead atoms. The lowest BCUT2D eigenvalue weighted by molar-refractivity contribution is -0.141. The van der Waals surface area contributed by atoms with Gasteiger partial charge in [-0.2, -0.15) is 0 Å². The Morgan fingerprint density at radius 1 is 1.08 bits per heavy atom. The lowest BCUT2D eigenvalue weighted by Crippen LogP contribution is -2.49. The topological polar surface area (TPSA) is 96.0 Å². The van der Waals surface area contributed by atoms with Crippen LogP contribution in [0.2, 0.25) is 0 Å². The monoisotopic (exact) mass is 515 g/mol. The molecule has 2 aromatic rings. The molecule has 0 saturated heterocycles. The molecule has 2 aromatic carbocycles. The van der Waals surface area contributed by atoms with Gasteiger partial charge in [-0.25, -0.2) is 8.42 Å². The van der Waals surface area contributed by atoms with E-state index in [2.05, 4.69) is 5.32 Å². The van der Waals surface area contributed by atoms with Gasteiger partial charge >= 0.3 is 0 Å². The van der Waals surface area contributed by atoms with Crippen molar-refractivity contribution in [3.63, 3.8) is 0 Å². The first-order chi connectivity index (χ1) is 17.2. The van der Waals surface area contributed by atoms with Crippen molar-refractivity contribution in [1.82, 2.24) is 10.2 Å². The molecule has 1 atom stereocenters. The maximum atomic E-state index is 13.4. The zero-order valence-corrected chi connectivity index (χ0v) is 22.2. The van der Waals surface area contributed by atoms with Gasteiger partial charge in [0.1, 0.15) is 11.8 Å². The molecule has 3 rings (SSSR count). The molecule has 1 saturated carbocycles. The summed E-state index contributed by atoms with van der Waals surface area (Å²) in [6.07, 6.45) is 5.73. The van der Waals surface area contributed by atoms with Crippen molar-refractivity contribution in [2.24, 2.45) is 0 Å². The van der Waals surface area contributed by atoms with E-state index in [1.807, 2.05) is 30.3 Å². The number of nitrogens with one attached hydrogen (secondary N) is 1. The smallest absolute Gasteiger partial charge is 0.242 e. The third-order valence-electron chi connectivity index (χ3n) is 6.55. The highest BCUT2D eigenvalue weighted by molar-refractivity contribution is 7.92. The summed E-state index contributed by atoms with van der Waals surface area (Å²) < 4.78 is 31.4. The highest BCUT2D eigenvalue weighted by atomic mass is 32.2. The van der Waals surface area contributed by atoms with Crippen LogP contribution in [0, 0.1) is 0 Å². The molecule has 0 heterocycles. The van der Waals surface area contributed by atoms with Crippen LogP contribution >= 0.6 is 0 Å². The Hall–Kier alpha value is -3.07. The highest BCUT2D eigenvalue weighted by Gasteiger charge is 2.28. The molecule has 2 amide bonds. The van der Waals surface area contributed by atoms with Gasteiger partial charge in [-0.05, 0) is 56.0 Å². The first-order valence-electron chi connectivity index (χ1n) is 12.4. The van der Waals surface area contributed by atoms with Gasteiger partial charge in [0.25, 0.3) is 0 Å². The quantitative estimate of drug-likeness (QED) is 0.465. The minimum Gasteiger partial charge on any atom is -0.497 e. The average Bonchev–Trinajstić information content (AvgIpc) is 3.37. The normalized spacial score (nSPS) is 14.8. The lowest BCUT2D eigenvalue weighted by Gasteiger charge is -2.30. The first-order valence-corrected chi connectivity index (χ1v) is 14.3. The molecule has 1 N–H and O–H groups in total. The second-order valence-corrected chi connectivity index (χ2v) is 11.2. The Labute approximate surface area is 214 Å². The van der Waals surface area contributed by atoms with Crippen LogP contribution in [0.1, 0.15) is 51.0 Å². The molecule has 0 spiro atoms. The van der Waals surface area contributed by atoms with Gasteiger partial charge in [-0.15, -0.1) is 0 Å². The van der Waals surface area contributed by atoms with Gasteiger partial charge in [0, 0.05) is 25.6 Å². The number of hydrogen-bond acceptors (Lipinski definition) is 5. The standard InChI is InChI=1S/C27H37N3O5S/c1-21(27(32)28-23-12-7-8-13-23)29(20-22-11-9-16-25(19-22)35-2)26(31)17-10-18-30(36(3,33)34)24-14-5-4-6-15-24/h4-6,9,11,14-16,19,21,23H,7-8,10,12-13,17-18,20H2,1-3H3,(H,28,32). The SMILES string of the molecule is COc1cccc(CN(C(=O)CCCN(c2ccccc2)S(C)(=O)=O)C(C)C(=O)NC2CCCC2)c1. The van der Waals surface area contributed by atoms with E-state index in [1.54, 1.807) is 43.2 Å². The molecular weight excluding hydrogens is 478 g/mol. The summed E-state index contributed by atoms with van der Waals surface area (Å²) in [6, 6.07) is 15.8. The maximum Gasteiger partial charge on any atom is 0.242 e. The molecule has 9 heteroatoms. The van der Waals surface area contributed by atoms with Crippen molar-refractivity contribution in [1.29, 1.82) is 0 Å². The second-order valence-electron chi connectivity index (χ2n) is 9.31. The van der Waals surface area contributed by atoms with Gasteiger partial charge in [-0.3, -0.25) is 13.9 Å². The second kappa shape index (κ2) is 12.8. The fourth-order valence-corrected chi connectivity index (χ4v) is 5.51. The number of methoxy groups -OCH3 is 1. The van der Waals surface area contributed by atoms with Crippen molar-refractivity contribution < 1.29 is 22.7 Å². The summed E-state index contributed by atoms with van der Waals surface area (Å²) in [6.45, 7) is 2.17. The van der Waals surface area contributed by atoms with Crippen molar-refractivity contribution in [2.75, 3.05) is 24.2 Å². The molecule has 36 heavy (non-hydrogen) atoms. The van der Waals surface area contributed by atoms with E-state index >= 15 is 0 Å². The molecule has 8 nitrogen and oxygen atoms in total. The molecule has 196 valence electrons. The van der Waals surface area contributed by atoms with Gasteiger partial charge in [0.2, 0.25) is 21.8 Å². The zero-order chi connectivity index (χ0) is 26.1. The first kappa shape index (κ1) is 27.5. The summed E-state index contributed by atoms with van der Waals surface area (Å²) in [4.78, 5) is 28.0. The summed E-state index contributed by atoms with van der Waals surface area (Å²) in [5.74, 6) is 0.309. The van der Waals surface area contributed by atoms with Gasteiger partial charge < -0.3 is 15.0 Å². The summed E-state index contributed by atoms with van der Waals surface area (Å²) in [5, 5.41) is 3.09. The largest absolute Gasteiger partial charge is 0.497 e. The number of amides is 2. The van der Waals surface area contributed by atoms with E-state index in [9.17, 15) is 18.0 Å². The lowest BCUT2D eigenvalue weighted by atomic mass is 10.1. The Morgan fingerprint density at radius 3 is 2.42 bits per heavy atom. The minimum atomic E-state index is -3.51. The van der Waals surface area contributed by atoms with Crippen LogP contribution in [0.5, 0.6) is 5.75 Å². The van der Waals surface area contributed by atoms with Crippen LogP contribution < -0.4 is 14.4 Å². The number of carbonyl (C=O) groups excluding carboxylic acids is 2. The van der Waals surface area contributed by atoms with E-state index in [1.165, 1.54) is 4.31 Å². The average molecular weight is 516 g/mol.